The normalized spacial score (nSPS) is 16.9. The second kappa shape index (κ2) is 26.6. The average Bonchev–Trinajstić information content (AvgIpc) is 1.53. The van der Waals surface area contributed by atoms with E-state index in [9.17, 15) is 4.74 Å². The maximum atomic E-state index is 9.54. The molecule has 0 atom stereocenters. The predicted molar refractivity (Wildman–Crippen MR) is 529 cm³/mol. The molecule has 6 aliphatic carbocycles. The molecular weight excluding hydrogens is 1480 g/mol. The second-order valence-electron chi connectivity index (χ2n) is 48.8. The van der Waals surface area contributed by atoms with Crippen LogP contribution in [0.3, 0.4) is 0 Å². The van der Waals surface area contributed by atoms with Crippen molar-refractivity contribution in [3.8, 4) is 111 Å². The lowest BCUT2D eigenvalue weighted by atomic mass is 9.76. The van der Waals surface area contributed by atoms with Gasteiger partial charge in [0.05, 0.1) is 0 Å². The molecule has 0 aromatic heterocycles. The van der Waals surface area contributed by atoms with Crippen molar-refractivity contribution in [2.75, 3.05) is 0 Å². The first-order chi connectivity index (χ1) is 56.9. The summed E-state index contributed by atoms with van der Waals surface area (Å²) in [4.78, 5) is 0. The number of benzene rings is 12. The van der Waals surface area contributed by atoms with Gasteiger partial charge in [0.2, 0.25) is 0 Å². The Hall–Kier alpha value is -9.40. The zero-order valence-electron chi connectivity index (χ0n) is 81.3. The molecule has 123 heavy (non-hydrogen) atoms. The van der Waals surface area contributed by atoms with Crippen molar-refractivity contribution in [1.82, 2.24) is 0 Å². The molecule has 0 radical (unpaired) electrons. The van der Waals surface area contributed by atoms with Crippen molar-refractivity contribution in [1.29, 1.82) is 0 Å². The van der Waals surface area contributed by atoms with E-state index in [4.69, 9.17) is 0 Å². The zero-order chi connectivity index (χ0) is 88.8. The SMILES string of the molecule is CCC1(OC2(CC)c3cc(-c4cc(C(C)(C)C)cc5c4-c4ccc(C(C)(C)C)cc4C5(C)C)ccc3-c3ccc(-c4cc(C(C)(C)C)cc5c4-c4ccc(C(C)(C)C)cc4C5(C)C)cc32)c2cc(-c3cc(C(C)(C)C)cc4c3-c3ccc(C(C)(C)C)cc3C4(C)C)ccc2-c2ccc(-c3cc(C(C)(C)C)cc4c3-c3ccc(C(C)(C)C)cc3C4(C)C)cc21. The average molecular weight is 1620 g/mol. The molecule has 1 heteroatoms. The van der Waals surface area contributed by atoms with E-state index in [1.807, 2.05) is 0 Å². The highest BCUT2D eigenvalue weighted by Gasteiger charge is 2.55. The largest absolute Gasteiger partial charge is 0.350 e. The van der Waals surface area contributed by atoms with Crippen molar-refractivity contribution in [3.05, 3.63) is 305 Å². The molecule has 0 N–H and O–H groups in total. The molecule has 6 aliphatic rings. The van der Waals surface area contributed by atoms with Gasteiger partial charge >= 0.3 is 0 Å². The highest BCUT2D eigenvalue weighted by atomic mass is 16.5. The van der Waals surface area contributed by atoms with Gasteiger partial charge in [0.25, 0.3) is 0 Å². The molecule has 0 spiro atoms. The van der Waals surface area contributed by atoms with Crippen molar-refractivity contribution < 1.29 is 4.74 Å². The van der Waals surface area contributed by atoms with Crippen LogP contribution in [0.4, 0.5) is 0 Å². The van der Waals surface area contributed by atoms with Crippen LogP contribution >= 0.6 is 0 Å². The Bertz CT molecular complexity index is 5750. The van der Waals surface area contributed by atoms with Gasteiger partial charge in [0.1, 0.15) is 11.2 Å². The van der Waals surface area contributed by atoms with Crippen LogP contribution in [0.2, 0.25) is 0 Å². The summed E-state index contributed by atoms with van der Waals surface area (Å²) in [5.41, 5.74) is 49.0. The summed E-state index contributed by atoms with van der Waals surface area (Å²) in [6, 6.07) is 80.9. The van der Waals surface area contributed by atoms with Gasteiger partial charge in [-0.25, -0.2) is 0 Å². The molecule has 632 valence electrons. The molecule has 0 unspecified atom stereocenters. The van der Waals surface area contributed by atoms with Gasteiger partial charge in [0, 0.05) is 21.7 Å². The standard InChI is InChI=1S/C122H138O/c1-35-121(97-53-69(89-57-77(113(15,16)17)65-101-105(89)85-49-41-73(109(3,4)5)61-93(85)117(101,27)28)37-45-81(97)82-46-38-70(54-98(82)121)90-58-78(114(18,19)20)66-102-106(90)86-50-42-74(110(6,7)8)62-94(86)118(102,29)30)123-122(36-2)99-55-71(91-59-79(115(21,22)23)67-103-107(91)87-51-43-75(111(9,10)11)63-95(87)119(103,31)32)39-47-83(99)84-48-40-72(56-100(84)122)92-60-80(116(24,25)26)68-104-108(92)88-52-44-76(112(12,13)14)64-96(88)120(104,33)34/h37-68H,35-36H2,1-34H3. The molecule has 0 amide bonds. The number of ether oxygens (including phenoxy) is 1. The van der Waals surface area contributed by atoms with Crippen LogP contribution in [0, 0.1) is 0 Å². The molecular formula is C122H138O. The summed E-state index contributed by atoms with van der Waals surface area (Å²) < 4.78 is 9.54. The van der Waals surface area contributed by atoms with Gasteiger partial charge in [0.15, 0.2) is 0 Å². The van der Waals surface area contributed by atoms with Crippen LogP contribution in [0.15, 0.2) is 194 Å². The van der Waals surface area contributed by atoms with E-state index in [1.54, 1.807) is 0 Å². The molecule has 18 rings (SSSR count). The first-order valence-corrected chi connectivity index (χ1v) is 46.6. The lowest BCUT2D eigenvalue weighted by molar-refractivity contribution is -0.125. The first-order valence-electron chi connectivity index (χ1n) is 46.6. The highest BCUT2D eigenvalue weighted by Crippen LogP contribution is 2.66. The zero-order valence-corrected chi connectivity index (χ0v) is 81.3. The van der Waals surface area contributed by atoms with Crippen molar-refractivity contribution in [3.63, 3.8) is 0 Å². The Balaban J connectivity index is 0.947. The highest BCUT2D eigenvalue weighted by molar-refractivity contribution is 6.01. The van der Waals surface area contributed by atoms with Crippen molar-refractivity contribution in [2.24, 2.45) is 0 Å². The Labute approximate surface area is 740 Å². The van der Waals surface area contributed by atoms with E-state index >= 15 is 0 Å². The maximum absolute atomic E-state index is 9.54. The predicted octanol–water partition coefficient (Wildman–Crippen LogP) is 33.9. The van der Waals surface area contributed by atoms with E-state index in [0.29, 0.717) is 12.8 Å². The summed E-state index contributed by atoms with van der Waals surface area (Å²) >= 11 is 0. The lowest BCUT2D eigenvalue weighted by Gasteiger charge is -2.43. The van der Waals surface area contributed by atoms with Gasteiger partial charge in [-0.15, -0.1) is 0 Å². The third-order valence-electron chi connectivity index (χ3n) is 31.0. The molecule has 12 aromatic carbocycles. The fourth-order valence-corrected chi connectivity index (χ4v) is 22.7. The molecule has 1 nitrogen and oxygen atoms in total. The Morgan fingerprint density at radius 3 is 0.520 bits per heavy atom. The van der Waals surface area contributed by atoms with E-state index in [0.717, 1.165) is 0 Å². The fraction of sp³-hybridized carbons (Fsp3) is 0.410. The van der Waals surface area contributed by atoms with Crippen molar-refractivity contribution >= 4 is 0 Å². The fourth-order valence-electron chi connectivity index (χ4n) is 22.7. The van der Waals surface area contributed by atoms with E-state index < -0.39 is 11.2 Å². The minimum atomic E-state index is -1.03. The molecule has 0 bridgehead atoms. The summed E-state index contributed by atoms with van der Waals surface area (Å²) in [6.45, 7) is 81.9. The molecule has 12 aromatic rings. The van der Waals surface area contributed by atoms with Gasteiger partial charge in [-0.05, 0) is 327 Å². The minimum Gasteiger partial charge on any atom is -0.350 e. The van der Waals surface area contributed by atoms with Crippen LogP contribution in [-0.2, 0) is 80.9 Å². The molecule has 0 saturated heterocycles. The first kappa shape index (κ1) is 84.4. The summed E-state index contributed by atoms with van der Waals surface area (Å²) in [5, 5.41) is 0. The van der Waals surface area contributed by atoms with E-state index in [1.165, 1.54) is 223 Å². The number of fused-ring (bicyclic) bond motifs is 18. The lowest BCUT2D eigenvalue weighted by Crippen LogP contribution is -2.40. The van der Waals surface area contributed by atoms with Crippen LogP contribution in [-0.4, -0.2) is 0 Å². The second-order valence-corrected chi connectivity index (χ2v) is 48.8. The van der Waals surface area contributed by atoms with Gasteiger partial charge in [-0.1, -0.05) is 381 Å². The van der Waals surface area contributed by atoms with E-state index in [2.05, 4.69) is 430 Å². The molecule has 0 saturated carbocycles. The van der Waals surface area contributed by atoms with Gasteiger partial charge < -0.3 is 4.74 Å². The molecule has 0 aliphatic heterocycles. The smallest absolute Gasteiger partial charge is 0.121 e. The molecule has 0 fully saturated rings. The number of hydrogen-bond acceptors (Lipinski definition) is 1. The maximum Gasteiger partial charge on any atom is 0.121 e. The number of rotatable bonds is 8. The van der Waals surface area contributed by atoms with Crippen LogP contribution in [0.1, 0.15) is 360 Å². The van der Waals surface area contributed by atoms with Gasteiger partial charge in [-0.2, -0.15) is 0 Å². The summed E-state index contributed by atoms with van der Waals surface area (Å²) in [7, 11) is 0. The Morgan fingerprint density at radius 2 is 0.350 bits per heavy atom. The third-order valence-corrected chi connectivity index (χ3v) is 31.0. The van der Waals surface area contributed by atoms with Crippen molar-refractivity contribution in [2.45, 2.75) is 324 Å². The van der Waals surface area contributed by atoms with Crippen LogP contribution in [0.5, 0.6) is 0 Å². The van der Waals surface area contributed by atoms with Crippen LogP contribution in [0.25, 0.3) is 111 Å². The quantitative estimate of drug-likeness (QED) is 0.147. The number of hydrogen-bond donors (Lipinski definition) is 0. The Kier molecular flexibility index (Phi) is 18.3. The summed E-state index contributed by atoms with van der Waals surface area (Å²) in [6.07, 6.45) is 1.33. The van der Waals surface area contributed by atoms with Gasteiger partial charge in [-0.3, -0.25) is 0 Å². The minimum absolute atomic E-state index is 0.0152. The topological polar surface area (TPSA) is 9.23 Å². The monoisotopic (exact) mass is 1620 g/mol. The third kappa shape index (κ3) is 12.6. The Morgan fingerprint density at radius 1 is 0.179 bits per heavy atom. The van der Waals surface area contributed by atoms with E-state index in [-0.39, 0.29) is 65.0 Å². The molecule has 0 heterocycles. The summed E-state index contributed by atoms with van der Waals surface area (Å²) in [5.74, 6) is 0. The van der Waals surface area contributed by atoms with Crippen LogP contribution < -0.4 is 0 Å².